The number of nitrogens with zero attached hydrogens (tertiary/aromatic N) is 3. The summed E-state index contributed by atoms with van der Waals surface area (Å²) in [7, 11) is 0. The van der Waals surface area contributed by atoms with Crippen LogP contribution in [0.15, 0.2) is 59.7 Å². The van der Waals surface area contributed by atoms with Crippen LogP contribution in [0.4, 0.5) is 11.4 Å². The monoisotopic (exact) mass is 367 g/mol. The van der Waals surface area contributed by atoms with Crippen molar-refractivity contribution in [1.82, 2.24) is 0 Å². The minimum absolute atomic E-state index is 0.0988. The van der Waals surface area contributed by atoms with Crippen LogP contribution in [0.3, 0.4) is 0 Å². The number of benzene rings is 2. The van der Waals surface area contributed by atoms with Crippen LogP contribution in [0.1, 0.15) is 6.92 Å². The second-order valence-electron chi connectivity index (χ2n) is 6.14. The molecule has 0 spiro atoms. The molecule has 2 aromatic rings. The number of amides is 2. The van der Waals surface area contributed by atoms with E-state index >= 15 is 0 Å². The predicted molar refractivity (Wildman–Crippen MR) is 98.3 cm³/mol. The first kappa shape index (κ1) is 16.5. The highest BCUT2D eigenvalue weighted by Crippen LogP contribution is 2.38. The Morgan fingerprint density at radius 1 is 1.00 bits per heavy atom. The van der Waals surface area contributed by atoms with Gasteiger partial charge in [-0.1, -0.05) is 35.9 Å². The van der Waals surface area contributed by atoms with Crippen LogP contribution in [0, 0.1) is 5.92 Å². The highest BCUT2D eigenvalue weighted by atomic mass is 35.5. The molecule has 4 rings (SSSR count). The number of imide groups is 1. The first-order valence-electron chi connectivity index (χ1n) is 8.06. The van der Waals surface area contributed by atoms with E-state index in [0.717, 1.165) is 4.90 Å². The van der Waals surface area contributed by atoms with E-state index in [9.17, 15) is 14.4 Å². The van der Waals surface area contributed by atoms with Gasteiger partial charge in [0.1, 0.15) is 17.7 Å². The minimum Gasteiger partial charge on any atom is -0.293 e. The maximum atomic E-state index is 13.1. The third kappa shape index (κ3) is 2.42. The standard InChI is InChI=1S/C19H14ClN3O3/c1-11(24)16-15-17(23(21-16)13-7-3-2-4-8-13)19(26)22(18(15)25)14-9-5-6-12(20)10-14/h2-10,15,17H,1H3. The van der Waals surface area contributed by atoms with Crippen molar-refractivity contribution >= 4 is 46.3 Å². The van der Waals surface area contributed by atoms with Gasteiger partial charge in [0.05, 0.1) is 11.4 Å². The molecule has 1 saturated heterocycles. The van der Waals surface area contributed by atoms with Crippen molar-refractivity contribution in [2.45, 2.75) is 13.0 Å². The summed E-state index contributed by atoms with van der Waals surface area (Å²) in [6.45, 7) is 1.35. The first-order chi connectivity index (χ1) is 12.5. The lowest BCUT2D eigenvalue weighted by Crippen LogP contribution is -2.39. The lowest BCUT2D eigenvalue weighted by Gasteiger charge is -2.22. The molecule has 2 aliphatic rings. The predicted octanol–water partition coefficient (Wildman–Crippen LogP) is 2.66. The topological polar surface area (TPSA) is 70.1 Å². The Balaban J connectivity index is 1.81. The Bertz CT molecular complexity index is 958. The molecule has 2 heterocycles. The Morgan fingerprint density at radius 2 is 1.69 bits per heavy atom. The van der Waals surface area contributed by atoms with E-state index in [0.29, 0.717) is 16.4 Å². The number of anilines is 2. The fourth-order valence-corrected chi connectivity index (χ4v) is 3.55. The van der Waals surface area contributed by atoms with Gasteiger partial charge in [0, 0.05) is 11.9 Å². The number of para-hydroxylation sites is 1. The van der Waals surface area contributed by atoms with Gasteiger partial charge < -0.3 is 0 Å². The highest BCUT2D eigenvalue weighted by Gasteiger charge is 2.58. The number of hydrazone groups is 1. The molecule has 2 amide bonds. The van der Waals surface area contributed by atoms with Crippen molar-refractivity contribution in [2.24, 2.45) is 11.0 Å². The number of rotatable bonds is 3. The van der Waals surface area contributed by atoms with E-state index in [4.69, 9.17) is 11.6 Å². The van der Waals surface area contributed by atoms with E-state index in [-0.39, 0.29) is 11.5 Å². The zero-order valence-electron chi connectivity index (χ0n) is 13.8. The van der Waals surface area contributed by atoms with Crippen LogP contribution in [0.5, 0.6) is 0 Å². The molecular weight excluding hydrogens is 354 g/mol. The number of hydrogen-bond acceptors (Lipinski definition) is 5. The van der Waals surface area contributed by atoms with Crippen molar-refractivity contribution in [3.8, 4) is 0 Å². The summed E-state index contributed by atoms with van der Waals surface area (Å²) in [4.78, 5) is 39.2. The highest BCUT2D eigenvalue weighted by molar-refractivity contribution is 6.49. The van der Waals surface area contributed by atoms with Gasteiger partial charge in [-0.25, -0.2) is 4.90 Å². The molecule has 130 valence electrons. The number of fused-ring (bicyclic) bond motifs is 1. The van der Waals surface area contributed by atoms with Crippen LogP contribution in [0.2, 0.25) is 5.02 Å². The molecule has 2 aliphatic heterocycles. The number of ketones is 1. The summed E-state index contributed by atoms with van der Waals surface area (Å²) in [5.74, 6) is -2.13. The van der Waals surface area contributed by atoms with Gasteiger partial charge in [0.25, 0.3) is 5.91 Å². The van der Waals surface area contributed by atoms with E-state index < -0.39 is 23.8 Å². The molecule has 2 unspecified atom stereocenters. The van der Waals surface area contributed by atoms with E-state index in [1.807, 2.05) is 18.2 Å². The van der Waals surface area contributed by atoms with Crippen molar-refractivity contribution < 1.29 is 14.4 Å². The van der Waals surface area contributed by atoms with Crippen molar-refractivity contribution in [3.63, 3.8) is 0 Å². The molecule has 0 bridgehead atoms. The van der Waals surface area contributed by atoms with Gasteiger partial charge >= 0.3 is 0 Å². The quantitative estimate of drug-likeness (QED) is 0.782. The molecule has 0 aliphatic carbocycles. The molecule has 1 fully saturated rings. The normalized spacial score (nSPS) is 21.8. The van der Waals surface area contributed by atoms with E-state index in [1.54, 1.807) is 36.4 Å². The number of hydrogen-bond donors (Lipinski definition) is 0. The summed E-state index contributed by atoms with van der Waals surface area (Å²) in [5, 5.41) is 6.18. The average Bonchev–Trinajstić information content (AvgIpc) is 3.13. The lowest BCUT2D eigenvalue weighted by molar-refractivity contribution is -0.122. The van der Waals surface area contributed by atoms with Gasteiger partial charge in [0.2, 0.25) is 5.91 Å². The molecule has 0 aromatic heterocycles. The molecule has 0 radical (unpaired) electrons. The van der Waals surface area contributed by atoms with Crippen molar-refractivity contribution in [2.75, 3.05) is 9.91 Å². The van der Waals surface area contributed by atoms with Crippen molar-refractivity contribution in [1.29, 1.82) is 0 Å². The molecule has 0 saturated carbocycles. The Labute approximate surface area is 154 Å². The number of carbonyl (C=O) groups excluding carboxylic acids is 3. The second-order valence-corrected chi connectivity index (χ2v) is 6.57. The van der Waals surface area contributed by atoms with E-state index in [1.165, 1.54) is 11.9 Å². The fourth-order valence-electron chi connectivity index (χ4n) is 3.37. The third-order valence-corrected chi connectivity index (χ3v) is 4.73. The molecule has 26 heavy (non-hydrogen) atoms. The number of Topliss-reactive ketones (excluding diaryl/α,β-unsaturated/α-hetero) is 1. The summed E-state index contributed by atoms with van der Waals surface area (Å²) in [6.07, 6.45) is 0. The summed E-state index contributed by atoms with van der Waals surface area (Å²) < 4.78 is 0. The molecule has 2 atom stereocenters. The smallest absolute Gasteiger partial charge is 0.259 e. The zero-order valence-corrected chi connectivity index (χ0v) is 14.6. The van der Waals surface area contributed by atoms with Gasteiger partial charge in [0.15, 0.2) is 5.78 Å². The van der Waals surface area contributed by atoms with Crippen LogP contribution in [-0.2, 0) is 14.4 Å². The van der Waals surface area contributed by atoms with E-state index in [2.05, 4.69) is 5.10 Å². The second kappa shape index (κ2) is 6.07. The molecule has 0 N–H and O–H groups in total. The number of carbonyl (C=O) groups is 3. The minimum atomic E-state index is -0.917. The van der Waals surface area contributed by atoms with Gasteiger partial charge in [-0.2, -0.15) is 5.10 Å². The van der Waals surface area contributed by atoms with Gasteiger partial charge in [-0.3, -0.25) is 19.4 Å². The Kier molecular flexibility index (Phi) is 3.85. The van der Waals surface area contributed by atoms with Crippen LogP contribution in [0.25, 0.3) is 0 Å². The van der Waals surface area contributed by atoms with Gasteiger partial charge in [-0.05, 0) is 30.3 Å². The third-order valence-electron chi connectivity index (χ3n) is 4.50. The number of halogens is 1. The van der Waals surface area contributed by atoms with Crippen LogP contribution in [-0.4, -0.2) is 29.4 Å². The Hall–Kier alpha value is -2.99. The summed E-state index contributed by atoms with van der Waals surface area (Å²) in [6, 6.07) is 14.7. The zero-order chi connectivity index (χ0) is 18.4. The maximum absolute atomic E-state index is 13.1. The van der Waals surface area contributed by atoms with Crippen LogP contribution >= 0.6 is 11.6 Å². The Morgan fingerprint density at radius 3 is 2.35 bits per heavy atom. The fraction of sp³-hybridized carbons (Fsp3) is 0.158. The van der Waals surface area contributed by atoms with Gasteiger partial charge in [-0.15, -0.1) is 0 Å². The average molecular weight is 368 g/mol. The first-order valence-corrected chi connectivity index (χ1v) is 8.44. The summed E-state index contributed by atoms with van der Waals surface area (Å²) in [5.41, 5.74) is 1.13. The van der Waals surface area contributed by atoms with Crippen LogP contribution < -0.4 is 9.91 Å². The molecule has 2 aromatic carbocycles. The molecular formula is C19H14ClN3O3. The largest absolute Gasteiger partial charge is 0.293 e. The summed E-state index contributed by atoms with van der Waals surface area (Å²) >= 11 is 6.01. The SMILES string of the molecule is CC(=O)C1=NN(c2ccccc2)C2C(=O)N(c3cccc(Cl)c3)C(=O)C12. The van der Waals surface area contributed by atoms with Crippen molar-refractivity contribution in [3.05, 3.63) is 59.6 Å². The lowest BCUT2D eigenvalue weighted by atomic mass is 9.95. The maximum Gasteiger partial charge on any atom is 0.259 e. The molecule has 6 nitrogen and oxygen atoms in total. The molecule has 7 heteroatoms.